The first-order valence-electron chi connectivity index (χ1n) is 6.39. The maximum absolute atomic E-state index is 12.6. The monoisotopic (exact) mass is 320 g/mol. The first kappa shape index (κ1) is 14.1. The molecule has 0 fully saturated rings. The molecule has 0 aliphatic heterocycles. The van der Waals surface area contributed by atoms with Gasteiger partial charge < -0.3 is 0 Å². The van der Waals surface area contributed by atoms with E-state index in [0.29, 0.717) is 21.7 Å². The summed E-state index contributed by atoms with van der Waals surface area (Å²) in [6.07, 6.45) is 1.50. The van der Waals surface area contributed by atoms with E-state index in [1.54, 1.807) is 31.2 Å². The number of rotatable bonds is 3. The Bertz CT molecular complexity index is 902. The molecular formula is C15H13ClN2O2S. The van der Waals surface area contributed by atoms with Gasteiger partial charge in [0.05, 0.1) is 10.8 Å². The zero-order valence-electron chi connectivity index (χ0n) is 11.3. The zero-order chi connectivity index (χ0) is 15.0. The zero-order valence-corrected chi connectivity index (χ0v) is 12.9. The van der Waals surface area contributed by atoms with Crippen LogP contribution in [0.25, 0.3) is 11.0 Å². The van der Waals surface area contributed by atoms with Gasteiger partial charge in [0.2, 0.25) is 10.0 Å². The van der Waals surface area contributed by atoms with E-state index in [1.165, 1.54) is 10.2 Å². The molecule has 2 aromatic heterocycles. The second-order valence-electron chi connectivity index (χ2n) is 4.84. The molecule has 0 amide bonds. The van der Waals surface area contributed by atoms with Crippen molar-refractivity contribution in [3.05, 3.63) is 64.9 Å². The fourth-order valence-corrected chi connectivity index (χ4v) is 3.95. The maximum Gasteiger partial charge on any atom is 0.244 e. The molecule has 0 atom stereocenters. The molecule has 0 aliphatic carbocycles. The van der Waals surface area contributed by atoms with Crippen LogP contribution in [0.2, 0.25) is 5.02 Å². The molecule has 0 spiro atoms. The van der Waals surface area contributed by atoms with Crippen LogP contribution in [-0.2, 0) is 15.8 Å². The van der Waals surface area contributed by atoms with Crippen LogP contribution in [0, 0.1) is 6.92 Å². The van der Waals surface area contributed by atoms with E-state index in [2.05, 4.69) is 4.98 Å². The van der Waals surface area contributed by atoms with Gasteiger partial charge in [0.25, 0.3) is 0 Å². The van der Waals surface area contributed by atoms with Crippen molar-refractivity contribution in [3.63, 3.8) is 0 Å². The Labute approximate surface area is 128 Å². The number of fused-ring (bicyclic) bond motifs is 1. The minimum atomic E-state index is -3.53. The van der Waals surface area contributed by atoms with Crippen LogP contribution in [0.5, 0.6) is 0 Å². The Hall–Kier alpha value is -1.85. The lowest BCUT2D eigenvalue weighted by Crippen LogP contribution is -2.14. The number of hydrogen-bond donors (Lipinski definition) is 0. The van der Waals surface area contributed by atoms with Gasteiger partial charge in [-0.15, -0.1) is 0 Å². The van der Waals surface area contributed by atoms with Crippen molar-refractivity contribution in [2.75, 3.05) is 0 Å². The van der Waals surface area contributed by atoms with Crippen molar-refractivity contribution < 1.29 is 8.42 Å². The molecule has 3 rings (SSSR count). The van der Waals surface area contributed by atoms with Crippen LogP contribution in [0.15, 0.2) is 48.7 Å². The van der Waals surface area contributed by atoms with Crippen molar-refractivity contribution >= 4 is 32.7 Å². The third kappa shape index (κ3) is 2.66. The van der Waals surface area contributed by atoms with E-state index in [-0.39, 0.29) is 5.75 Å². The Morgan fingerprint density at radius 2 is 1.90 bits per heavy atom. The minimum absolute atomic E-state index is 0.0785. The van der Waals surface area contributed by atoms with Crippen LogP contribution in [0.4, 0.5) is 0 Å². The summed E-state index contributed by atoms with van der Waals surface area (Å²) in [4.78, 5) is 4.30. The third-order valence-electron chi connectivity index (χ3n) is 3.19. The summed E-state index contributed by atoms with van der Waals surface area (Å²) in [7, 11) is -3.53. The molecule has 0 N–H and O–H groups in total. The third-order valence-corrected chi connectivity index (χ3v) is 5.10. The topological polar surface area (TPSA) is 52.0 Å². The molecule has 0 unspecified atom stereocenters. The van der Waals surface area contributed by atoms with Gasteiger partial charge >= 0.3 is 0 Å². The first-order valence-corrected chi connectivity index (χ1v) is 8.37. The molecule has 0 radical (unpaired) electrons. The molecule has 6 heteroatoms. The molecule has 0 saturated carbocycles. The van der Waals surface area contributed by atoms with E-state index >= 15 is 0 Å². The highest BCUT2D eigenvalue weighted by atomic mass is 35.5. The molecule has 2 heterocycles. The fraction of sp³-hybridized carbons (Fsp3) is 0.133. The van der Waals surface area contributed by atoms with Crippen LogP contribution in [0.3, 0.4) is 0 Å². The lowest BCUT2D eigenvalue weighted by Gasteiger charge is -2.07. The van der Waals surface area contributed by atoms with Crippen molar-refractivity contribution in [1.29, 1.82) is 0 Å². The van der Waals surface area contributed by atoms with Gasteiger partial charge in [-0.05, 0) is 24.6 Å². The van der Waals surface area contributed by atoms with Gasteiger partial charge in [-0.1, -0.05) is 41.9 Å². The SMILES string of the molecule is Cc1cc(Cl)c2ccn(S(=O)(=O)Cc3ccccc3)c2n1. The number of halogens is 1. The summed E-state index contributed by atoms with van der Waals surface area (Å²) in [5.74, 6) is -0.0785. The molecule has 21 heavy (non-hydrogen) atoms. The summed E-state index contributed by atoms with van der Waals surface area (Å²) in [6.45, 7) is 1.78. The summed E-state index contributed by atoms with van der Waals surface area (Å²) in [6, 6.07) is 12.5. The number of aryl methyl sites for hydroxylation is 1. The molecular weight excluding hydrogens is 308 g/mol. The summed E-state index contributed by atoms with van der Waals surface area (Å²) in [5, 5.41) is 1.14. The fourth-order valence-electron chi connectivity index (χ4n) is 2.24. The standard InChI is InChI=1S/C15H13ClN2O2S/c1-11-9-14(16)13-7-8-18(15(13)17-11)21(19,20)10-12-5-3-2-4-6-12/h2-9H,10H2,1H3. The van der Waals surface area contributed by atoms with Gasteiger partial charge in [-0.2, -0.15) is 0 Å². The van der Waals surface area contributed by atoms with E-state index in [0.717, 1.165) is 5.56 Å². The highest BCUT2D eigenvalue weighted by molar-refractivity contribution is 7.89. The summed E-state index contributed by atoms with van der Waals surface area (Å²) in [5.41, 5.74) is 1.79. The average Bonchev–Trinajstić information content (AvgIpc) is 2.84. The maximum atomic E-state index is 12.6. The second kappa shape index (κ2) is 5.16. The van der Waals surface area contributed by atoms with Gasteiger partial charge in [0.15, 0.2) is 5.65 Å². The van der Waals surface area contributed by atoms with E-state index in [9.17, 15) is 8.42 Å². The van der Waals surface area contributed by atoms with E-state index < -0.39 is 10.0 Å². The Kier molecular flexibility index (Phi) is 3.47. The van der Waals surface area contributed by atoms with E-state index in [4.69, 9.17) is 11.6 Å². The van der Waals surface area contributed by atoms with Crippen molar-refractivity contribution in [1.82, 2.24) is 8.96 Å². The number of aromatic nitrogens is 2. The normalized spacial score (nSPS) is 11.9. The highest BCUT2D eigenvalue weighted by Crippen LogP contribution is 2.25. The quantitative estimate of drug-likeness (QED) is 0.743. The predicted octanol–water partition coefficient (Wildman–Crippen LogP) is 3.38. The smallest absolute Gasteiger partial charge is 0.234 e. The number of hydrogen-bond acceptors (Lipinski definition) is 3. The van der Waals surface area contributed by atoms with Gasteiger partial charge in [0, 0.05) is 17.3 Å². The van der Waals surface area contributed by atoms with Crippen molar-refractivity contribution in [2.24, 2.45) is 0 Å². The van der Waals surface area contributed by atoms with Crippen LogP contribution in [0.1, 0.15) is 11.3 Å². The highest BCUT2D eigenvalue weighted by Gasteiger charge is 2.18. The Balaban J connectivity index is 2.11. The molecule has 0 saturated heterocycles. The van der Waals surface area contributed by atoms with Gasteiger partial charge in [0.1, 0.15) is 0 Å². The molecule has 4 nitrogen and oxygen atoms in total. The number of benzene rings is 1. The average molecular weight is 321 g/mol. The molecule has 0 aliphatic rings. The second-order valence-corrected chi connectivity index (χ2v) is 7.09. The van der Waals surface area contributed by atoms with Gasteiger partial charge in [-0.3, -0.25) is 0 Å². The van der Waals surface area contributed by atoms with Crippen LogP contribution >= 0.6 is 11.6 Å². The van der Waals surface area contributed by atoms with Gasteiger partial charge in [-0.25, -0.2) is 17.4 Å². The van der Waals surface area contributed by atoms with Crippen LogP contribution in [-0.4, -0.2) is 17.4 Å². The van der Waals surface area contributed by atoms with Crippen LogP contribution < -0.4 is 0 Å². The Morgan fingerprint density at radius 3 is 2.62 bits per heavy atom. The largest absolute Gasteiger partial charge is 0.244 e. The molecule has 108 valence electrons. The Morgan fingerprint density at radius 1 is 1.19 bits per heavy atom. The van der Waals surface area contributed by atoms with Crippen molar-refractivity contribution in [2.45, 2.75) is 12.7 Å². The number of nitrogens with zero attached hydrogens (tertiary/aromatic N) is 2. The molecule has 3 aromatic rings. The summed E-state index contributed by atoms with van der Waals surface area (Å²) < 4.78 is 26.4. The molecule has 1 aromatic carbocycles. The van der Waals surface area contributed by atoms with E-state index in [1.807, 2.05) is 18.2 Å². The molecule has 0 bridgehead atoms. The lowest BCUT2D eigenvalue weighted by atomic mass is 10.2. The number of pyridine rings is 1. The summed E-state index contributed by atoms with van der Waals surface area (Å²) >= 11 is 6.14. The minimum Gasteiger partial charge on any atom is -0.234 e. The van der Waals surface area contributed by atoms with Crippen molar-refractivity contribution in [3.8, 4) is 0 Å². The first-order chi connectivity index (χ1) is 9.97. The predicted molar refractivity (Wildman–Crippen MR) is 83.9 cm³/mol. The lowest BCUT2D eigenvalue weighted by molar-refractivity contribution is 0.588.